The molecule has 0 heterocycles. The highest BCUT2D eigenvalue weighted by Gasteiger charge is 2.10. The van der Waals surface area contributed by atoms with Crippen LogP contribution in [-0.2, 0) is 14.3 Å². The normalized spacial score (nSPS) is 11.9. The average molecular weight is 388 g/mol. The van der Waals surface area contributed by atoms with Crippen molar-refractivity contribution < 1.29 is 14.3 Å². The summed E-state index contributed by atoms with van der Waals surface area (Å²) in [4.78, 5) is 23.5. The van der Waals surface area contributed by atoms with E-state index < -0.39 is 5.97 Å². The number of nitrogens with one attached hydrogen (secondary N) is 1. The SMILES string of the molecule is C[C@H](NC(=O)COC(=O)/C=C/c1ccccc1)c1ccc(Br)cc1. The molecular formula is C19H18BrNO3. The van der Waals surface area contributed by atoms with Gasteiger partial charge in [-0.05, 0) is 36.3 Å². The highest BCUT2D eigenvalue weighted by Crippen LogP contribution is 2.16. The molecule has 0 aromatic heterocycles. The van der Waals surface area contributed by atoms with Gasteiger partial charge in [0.1, 0.15) is 0 Å². The van der Waals surface area contributed by atoms with Gasteiger partial charge in [0.05, 0.1) is 6.04 Å². The second-order valence-corrected chi connectivity index (χ2v) is 6.11. The Kier molecular flexibility index (Phi) is 6.75. The van der Waals surface area contributed by atoms with Gasteiger partial charge in [0.15, 0.2) is 6.61 Å². The van der Waals surface area contributed by atoms with Crippen LogP contribution in [0.3, 0.4) is 0 Å². The molecule has 0 aliphatic rings. The first-order chi connectivity index (χ1) is 11.5. The summed E-state index contributed by atoms with van der Waals surface area (Å²) < 4.78 is 5.91. The van der Waals surface area contributed by atoms with Crippen LogP contribution in [0.2, 0.25) is 0 Å². The molecule has 0 bridgehead atoms. The lowest BCUT2D eigenvalue weighted by Crippen LogP contribution is -2.30. The molecule has 0 saturated carbocycles. The van der Waals surface area contributed by atoms with Gasteiger partial charge in [0, 0.05) is 10.5 Å². The minimum absolute atomic E-state index is 0.163. The van der Waals surface area contributed by atoms with Gasteiger partial charge in [-0.2, -0.15) is 0 Å². The molecule has 2 rings (SSSR count). The number of hydrogen-bond donors (Lipinski definition) is 1. The van der Waals surface area contributed by atoms with Crippen LogP contribution in [-0.4, -0.2) is 18.5 Å². The molecular weight excluding hydrogens is 370 g/mol. The summed E-state index contributed by atoms with van der Waals surface area (Å²) in [5.74, 6) is -0.892. The second-order valence-electron chi connectivity index (χ2n) is 5.19. The largest absolute Gasteiger partial charge is 0.452 e. The van der Waals surface area contributed by atoms with Gasteiger partial charge in [-0.25, -0.2) is 4.79 Å². The zero-order valence-corrected chi connectivity index (χ0v) is 14.8. The molecule has 1 atom stereocenters. The van der Waals surface area contributed by atoms with E-state index in [9.17, 15) is 9.59 Å². The van der Waals surface area contributed by atoms with Crippen molar-refractivity contribution in [3.8, 4) is 0 Å². The van der Waals surface area contributed by atoms with Gasteiger partial charge in [-0.3, -0.25) is 4.79 Å². The van der Waals surface area contributed by atoms with Crippen molar-refractivity contribution in [3.05, 3.63) is 76.3 Å². The molecule has 0 aliphatic heterocycles. The second kappa shape index (κ2) is 9.03. The van der Waals surface area contributed by atoms with Crippen molar-refractivity contribution in [1.82, 2.24) is 5.32 Å². The Morgan fingerprint density at radius 1 is 1.12 bits per heavy atom. The number of esters is 1. The van der Waals surface area contributed by atoms with Crippen LogP contribution in [0, 0.1) is 0 Å². The lowest BCUT2D eigenvalue weighted by molar-refractivity contribution is -0.144. The van der Waals surface area contributed by atoms with E-state index in [0.717, 1.165) is 15.6 Å². The quantitative estimate of drug-likeness (QED) is 0.604. The van der Waals surface area contributed by atoms with Crippen LogP contribution in [0.15, 0.2) is 65.1 Å². The number of rotatable bonds is 6. The summed E-state index contributed by atoms with van der Waals surface area (Å²) in [5.41, 5.74) is 1.87. The summed E-state index contributed by atoms with van der Waals surface area (Å²) >= 11 is 3.37. The number of benzene rings is 2. The average Bonchev–Trinajstić information content (AvgIpc) is 2.59. The zero-order chi connectivity index (χ0) is 17.4. The Balaban J connectivity index is 1.77. The van der Waals surface area contributed by atoms with Crippen LogP contribution < -0.4 is 5.32 Å². The van der Waals surface area contributed by atoms with Gasteiger partial charge in [-0.15, -0.1) is 0 Å². The Bertz CT molecular complexity index is 711. The lowest BCUT2D eigenvalue weighted by atomic mass is 10.1. The number of carbonyl (C=O) groups excluding carboxylic acids is 2. The molecule has 24 heavy (non-hydrogen) atoms. The van der Waals surface area contributed by atoms with Gasteiger partial charge >= 0.3 is 5.97 Å². The molecule has 1 N–H and O–H groups in total. The fourth-order valence-electron chi connectivity index (χ4n) is 2.03. The van der Waals surface area contributed by atoms with Gasteiger partial charge < -0.3 is 10.1 Å². The minimum Gasteiger partial charge on any atom is -0.452 e. The van der Waals surface area contributed by atoms with E-state index in [1.807, 2.05) is 61.5 Å². The van der Waals surface area contributed by atoms with E-state index in [1.54, 1.807) is 6.08 Å². The molecule has 1 amide bonds. The summed E-state index contributed by atoms with van der Waals surface area (Å²) in [6.07, 6.45) is 2.95. The Hall–Kier alpha value is -2.40. The van der Waals surface area contributed by atoms with Crippen LogP contribution >= 0.6 is 15.9 Å². The standard InChI is InChI=1S/C19H18BrNO3/c1-14(16-8-10-17(20)11-9-16)21-18(22)13-24-19(23)12-7-15-5-3-2-4-6-15/h2-12,14H,13H2,1H3,(H,21,22)/b12-7+/t14-/m0/s1. The first kappa shape index (κ1) is 17.9. The number of carbonyl (C=O) groups is 2. The number of halogens is 1. The maximum absolute atomic E-state index is 11.9. The lowest BCUT2D eigenvalue weighted by Gasteiger charge is -2.14. The highest BCUT2D eigenvalue weighted by molar-refractivity contribution is 9.10. The fourth-order valence-corrected chi connectivity index (χ4v) is 2.30. The smallest absolute Gasteiger partial charge is 0.331 e. The fraction of sp³-hybridized carbons (Fsp3) is 0.158. The van der Waals surface area contributed by atoms with E-state index in [1.165, 1.54) is 6.08 Å². The van der Waals surface area contributed by atoms with E-state index in [2.05, 4.69) is 21.2 Å². The number of amides is 1. The molecule has 0 saturated heterocycles. The maximum atomic E-state index is 11.9. The first-order valence-electron chi connectivity index (χ1n) is 7.49. The van der Waals surface area contributed by atoms with Crippen LogP contribution in [0.5, 0.6) is 0 Å². The van der Waals surface area contributed by atoms with Crippen LogP contribution in [0.25, 0.3) is 6.08 Å². The van der Waals surface area contributed by atoms with Crippen LogP contribution in [0.4, 0.5) is 0 Å². The Labute approximate surface area is 149 Å². The molecule has 0 radical (unpaired) electrons. The van der Waals surface area contributed by atoms with Gasteiger partial charge in [0.25, 0.3) is 5.91 Å². The zero-order valence-electron chi connectivity index (χ0n) is 13.2. The highest BCUT2D eigenvalue weighted by atomic mass is 79.9. The molecule has 0 fully saturated rings. The Morgan fingerprint density at radius 2 is 1.79 bits per heavy atom. The summed E-state index contributed by atoms with van der Waals surface area (Å²) in [6.45, 7) is 1.57. The third kappa shape index (κ3) is 6.01. The molecule has 0 aliphatic carbocycles. The number of hydrogen-bond acceptors (Lipinski definition) is 3. The molecule has 124 valence electrons. The van der Waals surface area contributed by atoms with E-state index in [0.29, 0.717) is 0 Å². The third-order valence-electron chi connectivity index (χ3n) is 3.30. The molecule has 4 nitrogen and oxygen atoms in total. The monoisotopic (exact) mass is 387 g/mol. The molecule has 5 heteroatoms. The molecule has 2 aromatic carbocycles. The minimum atomic E-state index is -0.551. The van der Waals surface area contributed by atoms with Crippen molar-refractivity contribution in [3.63, 3.8) is 0 Å². The molecule has 0 unspecified atom stereocenters. The third-order valence-corrected chi connectivity index (χ3v) is 3.83. The van der Waals surface area contributed by atoms with Crippen molar-refractivity contribution in [1.29, 1.82) is 0 Å². The van der Waals surface area contributed by atoms with Gasteiger partial charge in [-0.1, -0.05) is 58.4 Å². The topological polar surface area (TPSA) is 55.4 Å². The van der Waals surface area contributed by atoms with E-state index in [4.69, 9.17) is 4.74 Å². The van der Waals surface area contributed by atoms with Gasteiger partial charge in [0.2, 0.25) is 0 Å². The summed E-state index contributed by atoms with van der Waals surface area (Å²) in [6, 6.07) is 16.9. The molecule has 2 aromatic rings. The maximum Gasteiger partial charge on any atom is 0.331 e. The molecule has 0 spiro atoms. The summed E-state index contributed by atoms with van der Waals surface area (Å²) in [5, 5.41) is 2.79. The summed E-state index contributed by atoms with van der Waals surface area (Å²) in [7, 11) is 0. The predicted octanol–water partition coefficient (Wildman–Crippen LogP) is 3.88. The predicted molar refractivity (Wildman–Crippen MR) is 97.1 cm³/mol. The van der Waals surface area contributed by atoms with Crippen molar-refractivity contribution in [2.75, 3.05) is 6.61 Å². The van der Waals surface area contributed by atoms with Crippen molar-refractivity contribution >= 4 is 33.9 Å². The number of ether oxygens (including phenoxy) is 1. The van der Waals surface area contributed by atoms with Crippen molar-refractivity contribution in [2.24, 2.45) is 0 Å². The van der Waals surface area contributed by atoms with E-state index >= 15 is 0 Å². The Morgan fingerprint density at radius 3 is 2.46 bits per heavy atom. The first-order valence-corrected chi connectivity index (χ1v) is 8.28. The van der Waals surface area contributed by atoms with Crippen molar-refractivity contribution in [2.45, 2.75) is 13.0 Å². The van der Waals surface area contributed by atoms with E-state index in [-0.39, 0.29) is 18.6 Å². The van der Waals surface area contributed by atoms with Crippen LogP contribution in [0.1, 0.15) is 24.1 Å².